The first-order chi connectivity index (χ1) is 9.22. The van der Waals surface area contributed by atoms with E-state index in [1.807, 2.05) is 0 Å². The third-order valence-electron chi connectivity index (χ3n) is 4.72. The zero-order valence-corrected chi connectivity index (χ0v) is 13.6. The van der Waals surface area contributed by atoms with E-state index >= 15 is 0 Å². The van der Waals surface area contributed by atoms with Crippen molar-refractivity contribution in [2.45, 2.75) is 78.2 Å². The Hall–Kier alpha value is -0.900. The first-order valence-corrected chi connectivity index (χ1v) is 7.85. The van der Waals surface area contributed by atoms with Gasteiger partial charge in [0, 0.05) is 5.92 Å². The first kappa shape index (κ1) is 15.5. The van der Waals surface area contributed by atoms with Crippen LogP contribution in [0.1, 0.15) is 84.4 Å². The fourth-order valence-electron chi connectivity index (χ4n) is 3.13. The molecule has 0 spiro atoms. The second-order valence-electron chi connectivity index (χ2n) is 7.76. The molecule has 1 aromatic rings. The van der Waals surface area contributed by atoms with Crippen LogP contribution in [0.15, 0.2) is 4.52 Å². The van der Waals surface area contributed by atoms with E-state index in [2.05, 4.69) is 44.8 Å². The quantitative estimate of drug-likeness (QED) is 0.832. The Morgan fingerprint density at radius 3 is 2.50 bits per heavy atom. The van der Waals surface area contributed by atoms with Gasteiger partial charge in [0.15, 0.2) is 5.82 Å². The van der Waals surface area contributed by atoms with Crippen LogP contribution in [0, 0.1) is 11.3 Å². The summed E-state index contributed by atoms with van der Waals surface area (Å²) in [6, 6.07) is 0. The molecule has 2 atom stereocenters. The molecule has 0 radical (unpaired) electrons. The van der Waals surface area contributed by atoms with Gasteiger partial charge in [-0.2, -0.15) is 4.98 Å². The van der Waals surface area contributed by atoms with Gasteiger partial charge in [0.05, 0.1) is 5.54 Å². The van der Waals surface area contributed by atoms with Crippen molar-refractivity contribution in [3.05, 3.63) is 11.7 Å². The second-order valence-corrected chi connectivity index (χ2v) is 7.76. The first-order valence-electron chi connectivity index (χ1n) is 7.85. The lowest BCUT2D eigenvalue weighted by Gasteiger charge is -2.30. The van der Waals surface area contributed by atoms with Crippen LogP contribution < -0.4 is 5.73 Å². The van der Waals surface area contributed by atoms with Gasteiger partial charge in [-0.1, -0.05) is 46.2 Å². The summed E-state index contributed by atoms with van der Waals surface area (Å²) in [7, 11) is 0. The molecular formula is C16H29N3O. The predicted molar refractivity (Wildman–Crippen MR) is 80.3 cm³/mol. The Morgan fingerprint density at radius 2 is 1.95 bits per heavy atom. The highest BCUT2D eigenvalue weighted by atomic mass is 16.5. The molecule has 1 aliphatic carbocycles. The van der Waals surface area contributed by atoms with Gasteiger partial charge in [-0.3, -0.25) is 0 Å². The van der Waals surface area contributed by atoms with Crippen molar-refractivity contribution in [2.24, 2.45) is 17.1 Å². The van der Waals surface area contributed by atoms with Crippen molar-refractivity contribution in [2.75, 3.05) is 0 Å². The van der Waals surface area contributed by atoms with Gasteiger partial charge in [0.25, 0.3) is 0 Å². The van der Waals surface area contributed by atoms with Crippen molar-refractivity contribution < 1.29 is 4.52 Å². The van der Waals surface area contributed by atoms with Gasteiger partial charge < -0.3 is 10.3 Å². The van der Waals surface area contributed by atoms with E-state index in [4.69, 9.17) is 10.3 Å². The van der Waals surface area contributed by atoms with Crippen molar-refractivity contribution in [1.29, 1.82) is 0 Å². The van der Waals surface area contributed by atoms with E-state index in [1.165, 1.54) is 6.42 Å². The summed E-state index contributed by atoms with van der Waals surface area (Å²) in [5.74, 6) is 2.38. The molecule has 0 amide bonds. The summed E-state index contributed by atoms with van der Waals surface area (Å²) >= 11 is 0. The molecule has 0 saturated heterocycles. The van der Waals surface area contributed by atoms with E-state index in [1.54, 1.807) is 0 Å². The van der Waals surface area contributed by atoms with Gasteiger partial charge in [-0.15, -0.1) is 0 Å². The summed E-state index contributed by atoms with van der Waals surface area (Å²) in [6.45, 7) is 11.1. The average molecular weight is 279 g/mol. The molecule has 0 aromatic carbocycles. The summed E-state index contributed by atoms with van der Waals surface area (Å²) in [5, 5.41) is 4.15. The lowest BCUT2D eigenvalue weighted by atomic mass is 9.76. The zero-order valence-electron chi connectivity index (χ0n) is 13.6. The molecule has 20 heavy (non-hydrogen) atoms. The number of hydrogen-bond donors (Lipinski definition) is 1. The normalized spacial score (nSPS) is 28.6. The maximum atomic E-state index is 6.61. The summed E-state index contributed by atoms with van der Waals surface area (Å²) in [5.41, 5.74) is 6.56. The van der Waals surface area contributed by atoms with E-state index < -0.39 is 5.54 Å². The minimum Gasteiger partial charge on any atom is -0.339 e. The van der Waals surface area contributed by atoms with E-state index in [-0.39, 0.29) is 5.92 Å². The summed E-state index contributed by atoms with van der Waals surface area (Å²) < 4.78 is 5.34. The number of rotatable bonds is 2. The van der Waals surface area contributed by atoms with Crippen molar-refractivity contribution in [1.82, 2.24) is 10.1 Å². The molecule has 4 heteroatoms. The molecule has 0 aliphatic heterocycles. The number of nitrogens with zero attached hydrogens (tertiary/aromatic N) is 2. The Labute approximate surface area is 122 Å². The fraction of sp³-hybridized carbons (Fsp3) is 0.875. The smallest absolute Gasteiger partial charge is 0.229 e. The minimum atomic E-state index is -0.406. The maximum Gasteiger partial charge on any atom is 0.229 e. The highest BCUT2D eigenvalue weighted by Gasteiger charge is 2.38. The molecule has 1 aliphatic rings. The molecule has 1 aromatic heterocycles. The zero-order chi connectivity index (χ0) is 15.0. The molecule has 0 bridgehead atoms. The van der Waals surface area contributed by atoms with Gasteiger partial charge >= 0.3 is 0 Å². The SMILES string of the molecule is CC(C)c1nc(C2(N)CCCC(C(C)(C)C)CC2)no1. The fourth-order valence-corrected chi connectivity index (χ4v) is 3.13. The minimum absolute atomic E-state index is 0.257. The Morgan fingerprint density at radius 1 is 1.25 bits per heavy atom. The lowest BCUT2D eigenvalue weighted by molar-refractivity contribution is 0.209. The predicted octanol–water partition coefficient (Wildman–Crippen LogP) is 3.97. The Balaban J connectivity index is 2.14. The molecular weight excluding hydrogens is 250 g/mol. The molecule has 114 valence electrons. The molecule has 1 fully saturated rings. The third kappa shape index (κ3) is 3.22. The van der Waals surface area contributed by atoms with Crippen LogP contribution in [0.25, 0.3) is 0 Å². The molecule has 4 nitrogen and oxygen atoms in total. The molecule has 2 rings (SSSR count). The van der Waals surface area contributed by atoms with Crippen LogP contribution in [0.5, 0.6) is 0 Å². The van der Waals surface area contributed by atoms with Gasteiger partial charge in [0.2, 0.25) is 5.89 Å². The molecule has 2 unspecified atom stereocenters. The number of nitrogens with two attached hydrogens (primary N) is 1. The van der Waals surface area contributed by atoms with Crippen LogP contribution in [0.4, 0.5) is 0 Å². The van der Waals surface area contributed by atoms with Gasteiger partial charge in [-0.05, 0) is 37.0 Å². The van der Waals surface area contributed by atoms with Gasteiger partial charge in [-0.25, -0.2) is 0 Å². The largest absolute Gasteiger partial charge is 0.339 e. The molecule has 1 saturated carbocycles. The monoisotopic (exact) mass is 279 g/mol. The number of aromatic nitrogens is 2. The molecule has 2 N–H and O–H groups in total. The Bertz CT molecular complexity index is 447. The molecule has 1 heterocycles. The van der Waals surface area contributed by atoms with Crippen LogP contribution >= 0.6 is 0 Å². The van der Waals surface area contributed by atoms with Crippen LogP contribution in [-0.2, 0) is 5.54 Å². The topological polar surface area (TPSA) is 64.9 Å². The summed E-state index contributed by atoms with van der Waals surface area (Å²) in [4.78, 5) is 4.53. The van der Waals surface area contributed by atoms with Gasteiger partial charge in [0.1, 0.15) is 0 Å². The summed E-state index contributed by atoms with van der Waals surface area (Å²) in [6.07, 6.45) is 5.44. The third-order valence-corrected chi connectivity index (χ3v) is 4.72. The second kappa shape index (κ2) is 5.47. The highest BCUT2D eigenvalue weighted by Crippen LogP contribution is 2.41. The average Bonchev–Trinajstić information content (AvgIpc) is 2.74. The van der Waals surface area contributed by atoms with Crippen molar-refractivity contribution >= 4 is 0 Å². The van der Waals surface area contributed by atoms with Crippen LogP contribution in [0.2, 0.25) is 0 Å². The highest BCUT2D eigenvalue weighted by molar-refractivity contribution is 5.06. The maximum absolute atomic E-state index is 6.61. The van der Waals surface area contributed by atoms with Crippen LogP contribution in [0.3, 0.4) is 0 Å². The van der Waals surface area contributed by atoms with Crippen LogP contribution in [-0.4, -0.2) is 10.1 Å². The van der Waals surface area contributed by atoms with E-state index in [0.717, 1.165) is 31.6 Å². The Kier molecular flexibility index (Phi) is 4.24. The van der Waals surface area contributed by atoms with E-state index in [0.29, 0.717) is 17.1 Å². The lowest BCUT2D eigenvalue weighted by Crippen LogP contribution is -2.37. The van der Waals surface area contributed by atoms with Crippen molar-refractivity contribution in [3.8, 4) is 0 Å². The standard InChI is InChI=1S/C16H29N3O/c1-11(2)13-18-14(19-20-13)16(17)9-6-7-12(8-10-16)15(3,4)5/h11-12H,6-10,17H2,1-5H3. The number of hydrogen-bond acceptors (Lipinski definition) is 4. The van der Waals surface area contributed by atoms with Crippen molar-refractivity contribution in [3.63, 3.8) is 0 Å². The van der Waals surface area contributed by atoms with E-state index in [9.17, 15) is 0 Å².